The van der Waals surface area contributed by atoms with Crippen molar-refractivity contribution in [1.82, 2.24) is 10.3 Å². The second kappa shape index (κ2) is 8.76. The van der Waals surface area contributed by atoms with Crippen molar-refractivity contribution in [2.24, 2.45) is 0 Å². The molecule has 3 N–H and O–H groups in total. The van der Waals surface area contributed by atoms with Crippen LogP contribution in [0.5, 0.6) is 11.5 Å². The first kappa shape index (κ1) is 22.0. The van der Waals surface area contributed by atoms with E-state index in [2.05, 4.69) is 10.3 Å². The maximum absolute atomic E-state index is 12.9. The molecule has 2 heterocycles. The number of fused-ring (bicyclic) bond motifs is 1. The minimum absolute atomic E-state index is 0.0137. The molecule has 0 saturated carbocycles. The lowest BCUT2D eigenvalue weighted by Crippen LogP contribution is -2.43. The molecule has 1 fully saturated rings. The molecule has 0 spiro atoms. The van der Waals surface area contributed by atoms with Crippen LogP contribution in [0.15, 0.2) is 54.7 Å². The molecule has 2 aromatic carbocycles. The third-order valence-corrected chi connectivity index (χ3v) is 7.45. The molecule has 3 aromatic rings. The van der Waals surface area contributed by atoms with Crippen molar-refractivity contribution in [3.8, 4) is 11.5 Å². The summed E-state index contributed by atoms with van der Waals surface area (Å²) in [6.07, 6.45) is 0.395. The molecule has 1 unspecified atom stereocenters. The number of aliphatic hydroxyl groups is 1. The van der Waals surface area contributed by atoms with E-state index >= 15 is 0 Å². The fourth-order valence-electron chi connectivity index (χ4n) is 4.09. The first-order valence-electron chi connectivity index (χ1n) is 10.2. The van der Waals surface area contributed by atoms with Gasteiger partial charge >= 0.3 is 0 Å². The van der Waals surface area contributed by atoms with Crippen LogP contribution in [0.1, 0.15) is 23.5 Å². The molecule has 1 aliphatic rings. The number of sulfone groups is 1. The molecule has 0 aliphatic carbocycles. The molecular weight excluding hydrogens is 432 g/mol. The number of methoxy groups -OCH3 is 1. The molecule has 1 saturated heterocycles. The van der Waals surface area contributed by atoms with Gasteiger partial charge < -0.3 is 20.3 Å². The highest BCUT2D eigenvalue weighted by Gasteiger charge is 2.37. The molecule has 9 heteroatoms. The Morgan fingerprint density at radius 3 is 2.59 bits per heavy atom. The van der Waals surface area contributed by atoms with Gasteiger partial charge in [-0.25, -0.2) is 8.42 Å². The summed E-state index contributed by atoms with van der Waals surface area (Å²) in [4.78, 5) is 17.1. The Morgan fingerprint density at radius 1 is 1.19 bits per heavy atom. The van der Waals surface area contributed by atoms with Crippen LogP contribution >= 0.6 is 0 Å². The minimum Gasteiger partial charge on any atom is -0.505 e. The Labute approximate surface area is 185 Å². The van der Waals surface area contributed by atoms with Crippen LogP contribution in [0, 0.1) is 0 Å². The van der Waals surface area contributed by atoms with Gasteiger partial charge in [-0.1, -0.05) is 30.3 Å². The van der Waals surface area contributed by atoms with Crippen LogP contribution in [-0.4, -0.2) is 60.3 Å². The molecule has 168 valence electrons. The lowest BCUT2D eigenvalue weighted by Gasteiger charge is -2.22. The maximum Gasteiger partial charge on any atom is 0.221 e. The molecule has 1 aromatic heterocycles. The average molecular weight is 457 g/mol. The SMILES string of the molecule is COc1ccc(C(CC(=O)N[C@H]2CS(=O)(=O)C[C@H]2O)c2ccc3cccnc3c2O)cc1. The van der Waals surface area contributed by atoms with Gasteiger partial charge in [0.05, 0.1) is 30.8 Å². The number of benzene rings is 2. The van der Waals surface area contributed by atoms with Gasteiger partial charge in [-0.15, -0.1) is 0 Å². The second-order valence-corrected chi connectivity index (χ2v) is 10.1. The van der Waals surface area contributed by atoms with Crippen molar-refractivity contribution >= 4 is 26.6 Å². The molecule has 1 amide bonds. The molecule has 4 rings (SSSR count). The van der Waals surface area contributed by atoms with Crippen LogP contribution in [0.25, 0.3) is 10.9 Å². The summed E-state index contributed by atoms with van der Waals surface area (Å²) in [5.74, 6) is -0.967. The van der Waals surface area contributed by atoms with Gasteiger partial charge in [0, 0.05) is 29.5 Å². The predicted octanol–water partition coefficient (Wildman–Crippen LogP) is 1.75. The summed E-state index contributed by atoms with van der Waals surface area (Å²) >= 11 is 0. The second-order valence-electron chi connectivity index (χ2n) is 7.93. The lowest BCUT2D eigenvalue weighted by molar-refractivity contribution is -0.122. The highest BCUT2D eigenvalue weighted by atomic mass is 32.2. The third kappa shape index (κ3) is 4.53. The van der Waals surface area contributed by atoms with E-state index in [1.165, 1.54) is 0 Å². The van der Waals surface area contributed by atoms with Crippen molar-refractivity contribution in [3.63, 3.8) is 0 Å². The number of aromatic nitrogens is 1. The summed E-state index contributed by atoms with van der Waals surface area (Å²) < 4.78 is 28.7. The van der Waals surface area contributed by atoms with Gasteiger partial charge in [-0.05, 0) is 23.8 Å². The van der Waals surface area contributed by atoms with Gasteiger partial charge in [-0.2, -0.15) is 0 Å². The molecular formula is C23H24N2O6S. The first-order valence-corrected chi connectivity index (χ1v) is 12.0. The Balaban J connectivity index is 1.67. The number of aliphatic hydroxyl groups excluding tert-OH is 1. The number of pyridine rings is 1. The van der Waals surface area contributed by atoms with Crippen LogP contribution in [0.3, 0.4) is 0 Å². The van der Waals surface area contributed by atoms with Gasteiger partial charge in [0.25, 0.3) is 0 Å². The molecule has 8 nitrogen and oxygen atoms in total. The zero-order valence-electron chi connectivity index (χ0n) is 17.4. The van der Waals surface area contributed by atoms with Crippen molar-refractivity contribution in [1.29, 1.82) is 0 Å². The number of carbonyl (C=O) groups excluding carboxylic acids is 1. The predicted molar refractivity (Wildman–Crippen MR) is 119 cm³/mol. The summed E-state index contributed by atoms with van der Waals surface area (Å²) in [6, 6.07) is 13.5. The summed E-state index contributed by atoms with van der Waals surface area (Å²) in [5.41, 5.74) is 1.73. The number of phenols is 1. The maximum atomic E-state index is 12.9. The third-order valence-electron chi connectivity index (χ3n) is 5.73. The normalized spacial score (nSPS) is 20.7. The minimum atomic E-state index is -3.39. The largest absolute Gasteiger partial charge is 0.505 e. The number of amides is 1. The van der Waals surface area contributed by atoms with Crippen LogP contribution in [-0.2, 0) is 14.6 Å². The van der Waals surface area contributed by atoms with Crippen molar-refractivity contribution in [3.05, 3.63) is 65.9 Å². The standard InChI is InChI=1S/C23H24N2O6S/c1-31-16-7-4-14(5-8-16)18(11-21(27)25-19-12-32(29,30)13-20(19)26)17-9-6-15-3-2-10-24-22(15)23(17)28/h2-10,18-20,26,28H,11-13H2,1H3,(H,25,27)/t18?,19-,20+/m0/s1. The summed E-state index contributed by atoms with van der Waals surface area (Å²) in [6.45, 7) is 0. The topological polar surface area (TPSA) is 126 Å². The van der Waals surface area contributed by atoms with E-state index in [0.29, 0.717) is 16.8 Å². The fraction of sp³-hybridized carbons (Fsp3) is 0.304. The van der Waals surface area contributed by atoms with Gasteiger partial charge in [0.2, 0.25) is 5.91 Å². The number of ether oxygens (including phenoxy) is 1. The zero-order valence-corrected chi connectivity index (χ0v) is 18.2. The van der Waals surface area contributed by atoms with Crippen molar-refractivity contribution in [2.45, 2.75) is 24.5 Å². The smallest absolute Gasteiger partial charge is 0.221 e. The quantitative estimate of drug-likeness (QED) is 0.516. The number of nitrogens with zero attached hydrogens (tertiary/aromatic N) is 1. The molecule has 3 atom stereocenters. The number of phenolic OH excluding ortho intramolecular Hbond substituents is 1. The van der Waals surface area contributed by atoms with Crippen LogP contribution in [0.2, 0.25) is 0 Å². The summed E-state index contributed by atoms with van der Waals surface area (Å²) in [7, 11) is -1.83. The number of nitrogens with one attached hydrogen (secondary N) is 1. The Kier molecular flexibility index (Phi) is 6.03. The summed E-state index contributed by atoms with van der Waals surface area (Å²) in [5, 5.41) is 24.4. The lowest BCUT2D eigenvalue weighted by atomic mass is 9.86. The van der Waals surface area contributed by atoms with Gasteiger partial charge in [-0.3, -0.25) is 9.78 Å². The molecule has 1 aliphatic heterocycles. The molecule has 0 radical (unpaired) electrons. The van der Waals surface area contributed by atoms with Crippen molar-refractivity contribution < 1.29 is 28.2 Å². The average Bonchev–Trinajstić information content (AvgIpc) is 3.03. The monoisotopic (exact) mass is 456 g/mol. The number of aromatic hydroxyl groups is 1. The van der Waals surface area contributed by atoms with E-state index in [9.17, 15) is 23.4 Å². The number of rotatable bonds is 6. The first-order chi connectivity index (χ1) is 15.3. The highest BCUT2D eigenvalue weighted by molar-refractivity contribution is 7.91. The van der Waals surface area contributed by atoms with Crippen molar-refractivity contribution in [2.75, 3.05) is 18.6 Å². The van der Waals surface area contributed by atoms with Crippen LogP contribution in [0.4, 0.5) is 0 Å². The Bertz CT molecular complexity index is 1240. The fourth-order valence-corrected chi connectivity index (χ4v) is 5.83. The number of hydrogen-bond donors (Lipinski definition) is 3. The van der Waals surface area contributed by atoms with Crippen LogP contribution < -0.4 is 10.1 Å². The van der Waals surface area contributed by atoms with Gasteiger partial charge in [0.15, 0.2) is 9.84 Å². The van der Waals surface area contributed by atoms with E-state index in [1.54, 1.807) is 37.6 Å². The number of carbonyl (C=O) groups is 1. The van der Waals surface area contributed by atoms with E-state index < -0.39 is 33.8 Å². The Morgan fingerprint density at radius 2 is 1.94 bits per heavy atom. The van der Waals surface area contributed by atoms with E-state index in [4.69, 9.17) is 4.74 Å². The zero-order chi connectivity index (χ0) is 22.9. The molecule has 32 heavy (non-hydrogen) atoms. The number of hydrogen-bond acceptors (Lipinski definition) is 7. The van der Waals surface area contributed by atoms with E-state index in [0.717, 1.165) is 10.9 Å². The Hall–Kier alpha value is -3.17. The molecule has 0 bridgehead atoms. The van der Waals surface area contributed by atoms with E-state index in [-0.39, 0.29) is 23.7 Å². The highest BCUT2D eigenvalue weighted by Crippen LogP contribution is 2.38. The van der Waals surface area contributed by atoms with Gasteiger partial charge in [0.1, 0.15) is 17.0 Å². The van der Waals surface area contributed by atoms with E-state index in [1.807, 2.05) is 24.3 Å².